The number of hydrogen-bond donors (Lipinski definition) is 4. The molecule has 5 heteroatoms. The molecule has 0 spiro atoms. The van der Waals surface area contributed by atoms with Gasteiger partial charge in [0.1, 0.15) is 5.84 Å². The van der Waals surface area contributed by atoms with Gasteiger partial charge in [0.05, 0.1) is 0 Å². The first-order valence-electron chi connectivity index (χ1n) is 3.43. The van der Waals surface area contributed by atoms with Crippen LogP contribution in [0.25, 0.3) is 0 Å². The summed E-state index contributed by atoms with van der Waals surface area (Å²) in [7, 11) is 0. The van der Waals surface area contributed by atoms with Crippen LogP contribution < -0.4 is 5.73 Å². The van der Waals surface area contributed by atoms with Crippen molar-refractivity contribution < 1.29 is 4.55 Å². The Hall–Kier alpha value is -0.650. The normalized spacial score (nSPS) is 8.54. The van der Waals surface area contributed by atoms with Gasteiger partial charge in [-0.3, -0.25) is 5.41 Å². The van der Waals surface area contributed by atoms with E-state index in [2.05, 4.69) is 12.6 Å². The summed E-state index contributed by atoms with van der Waals surface area (Å²) in [5.74, 6) is 0.0607. The van der Waals surface area contributed by atoms with Crippen LogP contribution in [0.3, 0.4) is 0 Å². The minimum absolute atomic E-state index is 0.0607. The first kappa shape index (κ1) is 12.3. The van der Waals surface area contributed by atoms with E-state index in [0.717, 1.165) is 16.9 Å². The molecule has 0 aliphatic carbocycles. The Kier molecular flexibility index (Phi) is 6.48. The summed E-state index contributed by atoms with van der Waals surface area (Å²) in [6.45, 7) is 0. The smallest absolute Gasteiger partial charge is 0.123 e. The molecule has 1 rings (SSSR count). The second kappa shape index (κ2) is 6.82. The molecule has 13 heavy (non-hydrogen) atoms. The van der Waals surface area contributed by atoms with Gasteiger partial charge in [0.2, 0.25) is 0 Å². The first-order chi connectivity index (χ1) is 6.13. The monoisotopic (exact) mass is 216 g/mol. The average molecular weight is 216 g/mol. The van der Waals surface area contributed by atoms with Crippen LogP contribution >= 0.6 is 24.7 Å². The van der Waals surface area contributed by atoms with Crippen LogP contribution in [-0.2, 0) is 0 Å². The Morgan fingerprint density at radius 1 is 1.54 bits per heavy atom. The lowest BCUT2D eigenvalue weighted by atomic mass is 10.2. The van der Waals surface area contributed by atoms with Crippen LogP contribution in [0.1, 0.15) is 5.56 Å². The van der Waals surface area contributed by atoms with Crippen molar-refractivity contribution in [2.45, 2.75) is 4.90 Å². The second-order valence-electron chi connectivity index (χ2n) is 2.11. The largest absolute Gasteiger partial charge is 0.384 e. The van der Waals surface area contributed by atoms with Crippen molar-refractivity contribution in [1.82, 2.24) is 0 Å². The minimum atomic E-state index is 0.0607. The lowest BCUT2D eigenvalue weighted by Gasteiger charge is -1.99. The van der Waals surface area contributed by atoms with Gasteiger partial charge in [0, 0.05) is 16.7 Å². The number of benzene rings is 1. The van der Waals surface area contributed by atoms with Gasteiger partial charge >= 0.3 is 0 Å². The van der Waals surface area contributed by atoms with Gasteiger partial charge < -0.3 is 10.3 Å². The molecule has 0 atom stereocenters. The third-order valence-corrected chi connectivity index (χ3v) is 1.58. The van der Waals surface area contributed by atoms with Crippen molar-refractivity contribution in [2.75, 3.05) is 6.26 Å². The molecule has 0 fully saturated rings. The number of nitrogen functional groups attached to an aromatic ring is 1. The lowest BCUT2D eigenvalue weighted by Crippen LogP contribution is -2.11. The summed E-state index contributed by atoms with van der Waals surface area (Å²) in [4.78, 5) is 0.745. The lowest BCUT2D eigenvalue weighted by molar-refractivity contribution is 0.669. The SMILES string of the molecule is CSO.N=C(N)c1ccccc1S. The molecule has 0 aromatic heterocycles. The Morgan fingerprint density at radius 2 is 2.00 bits per heavy atom. The van der Waals surface area contributed by atoms with Crippen LogP contribution in [0.4, 0.5) is 0 Å². The number of nitrogens with two attached hydrogens (primary N) is 1. The molecular weight excluding hydrogens is 204 g/mol. The van der Waals surface area contributed by atoms with E-state index in [1.807, 2.05) is 12.1 Å². The maximum absolute atomic E-state index is 7.49. The van der Waals surface area contributed by atoms with Crippen molar-refractivity contribution in [3.8, 4) is 0 Å². The zero-order chi connectivity index (χ0) is 10.3. The predicted molar refractivity (Wildman–Crippen MR) is 60.9 cm³/mol. The van der Waals surface area contributed by atoms with Gasteiger partial charge in [-0.2, -0.15) is 0 Å². The van der Waals surface area contributed by atoms with Crippen LogP contribution in [0, 0.1) is 5.41 Å². The molecule has 0 amide bonds. The fraction of sp³-hybridized carbons (Fsp3) is 0.125. The second-order valence-corrected chi connectivity index (χ2v) is 2.96. The predicted octanol–water partition coefficient (Wildman–Crippen LogP) is 2.08. The molecule has 1 aromatic carbocycles. The zero-order valence-corrected chi connectivity index (χ0v) is 8.90. The Bertz CT molecular complexity index is 279. The maximum Gasteiger partial charge on any atom is 0.123 e. The quantitative estimate of drug-likeness (QED) is 0.251. The van der Waals surface area contributed by atoms with Crippen LogP contribution in [0.5, 0.6) is 0 Å². The zero-order valence-electron chi connectivity index (χ0n) is 7.19. The molecule has 0 saturated heterocycles. The van der Waals surface area contributed by atoms with Crippen molar-refractivity contribution >= 4 is 30.5 Å². The first-order valence-corrected chi connectivity index (χ1v) is 5.06. The third-order valence-electron chi connectivity index (χ3n) is 1.19. The van der Waals surface area contributed by atoms with E-state index >= 15 is 0 Å². The van der Waals surface area contributed by atoms with E-state index < -0.39 is 0 Å². The van der Waals surface area contributed by atoms with Gasteiger partial charge in [-0.1, -0.05) is 18.2 Å². The summed E-state index contributed by atoms with van der Waals surface area (Å²) in [5.41, 5.74) is 5.93. The molecule has 1 aromatic rings. The molecule has 0 bridgehead atoms. The topological polar surface area (TPSA) is 70.1 Å². The summed E-state index contributed by atoms with van der Waals surface area (Å²) < 4.78 is 7.49. The van der Waals surface area contributed by atoms with Crippen molar-refractivity contribution in [1.29, 1.82) is 5.41 Å². The number of nitrogens with one attached hydrogen (secondary N) is 1. The van der Waals surface area contributed by atoms with E-state index in [4.69, 9.17) is 15.7 Å². The molecule has 0 heterocycles. The van der Waals surface area contributed by atoms with E-state index in [1.54, 1.807) is 18.4 Å². The van der Waals surface area contributed by atoms with Crippen LogP contribution in [-0.4, -0.2) is 16.6 Å². The van der Waals surface area contributed by atoms with Gasteiger partial charge in [0.25, 0.3) is 0 Å². The van der Waals surface area contributed by atoms with E-state index in [-0.39, 0.29) is 5.84 Å². The van der Waals surface area contributed by atoms with Gasteiger partial charge in [-0.25, -0.2) is 0 Å². The highest BCUT2D eigenvalue weighted by Gasteiger charge is 1.97. The fourth-order valence-electron chi connectivity index (χ4n) is 0.701. The standard InChI is InChI=1S/C7H8N2S.CH4OS/c8-7(9)5-3-1-2-4-6(5)10;1-3-2/h1-4,10H,(H3,8,9);2H,1H3. The van der Waals surface area contributed by atoms with E-state index in [9.17, 15) is 0 Å². The highest BCUT2D eigenvalue weighted by atomic mass is 32.2. The summed E-state index contributed by atoms with van der Waals surface area (Å²) >= 11 is 4.87. The van der Waals surface area contributed by atoms with Gasteiger partial charge in [-0.15, -0.1) is 12.6 Å². The van der Waals surface area contributed by atoms with Crippen molar-refractivity contribution in [3.63, 3.8) is 0 Å². The highest BCUT2D eigenvalue weighted by Crippen LogP contribution is 2.10. The Balaban J connectivity index is 0.000000424. The molecular formula is C8H12N2OS2. The van der Waals surface area contributed by atoms with E-state index in [0.29, 0.717) is 5.56 Å². The molecule has 72 valence electrons. The summed E-state index contributed by atoms with van der Waals surface area (Å²) in [6.07, 6.45) is 1.60. The Morgan fingerprint density at radius 3 is 2.31 bits per heavy atom. The summed E-state index contributed by atoms with van der Waals surface area (Å²) in [6, 6.07) is 7.26. The highest BCUT2D eigenvalue weighted by molar-refractivity contribution is 7.93. The minimum Gasteiger partial charge on any atom is -0.384 e. The fourth-order valence-corrected chi connectivity index (χ4v) is 0.982. The molecule has 0 unspecified atom stereocenters. The van der Waals surface area contributed by atoms with Gasteiger partial charge in [-0.05, 0) is 18.1 Å². The summed E-state index contributed by atoms with van der Waals surface area (Å²) in [5, 5.41) is 7.11. The number of thiol groups is 1. The number of hydrogen-bond acceptors (Lipinski definition) is 4. The molecule has 0 aliphatic heterocycles. The molecule has 0 saturated carbocycles. The van der Waals surface area contributed by atoms with Crippen molar-refractivity contribution in [3.05, 3.63) is 29.8 Å². The average Bonchev–Trinajstić information content (AvgIpc) is 2.06. The van der Waals surface area contributed by atoms with Crippen molar-refractivity contribution in [2.24, 2.45) is 5.73 Å². The van der Waals surface area contributed by atoms with Crippen LogP contribution in [0.2, 0.25) is 0 Å². The molecule has 4 N–H and O–H groups in total. The molecule has 0 radical (unpaired) electrons. The number of rotatable bonds is 1. The van der Waals surface area contributed by atoms with Gasteiger partial charge in [0.15, 0.2) is 0 Å². The van der Waals surface area contributed by atoms with E-state index in [1.165, 1.54) is 0 Å². The maximum atomic E-state index is 7.49. The third kappa shape index (κ3) is 4.82. The van der Waals surface area contributed by atoms with Crippen LogP contribution in [0.15, 0.2) is 29.2 Å². The molecule has 3 nitrogen and oxygen atoms in total. The molecule has 0 aliphatic rings. The number of amidine groups is 1. The Labute approximate surface area is 87.5 Å².